The molecule has 0 atom stereocenters. The van der Waals surface area contributed by atoms with Crippen LogP contribution in [0.4, 0.5) is 5.69 Å². The fraction of sp³-hybridized carbons (Fsp3) is 0.263. The van der Waals surface area contributed by atoms with Crippen molar-refractivity contribution in [2.45, 2.75) is 34.1 Å². The van der Waals surface area contributed by atoms with Gasteiger partial charge in [0, 0.05) is 10.6 Å². The van der Waals surface area contributed by atoms with Gasteiger partial charge < -0.3 is 10.3 Å². The Morgan fingerprint density at radius 2 is 1.93 bits per heavy atom. The summed E-state index contributed by atoms with van der Waals surface area (Å²) in [7, 11) is 0. The number of hydrazine groups is 1. The highest BCUT2D eigenvalue weighted by atomic mass is 32.1. The van der Waals surface area contributed by atoms with E-state index < -0.39 is 0 Å². The minimum absolute atomic E-state index is 0.0690. The zero-order valence-electron chi connectivity index (χ0n) is 16.0. The Morgan fingerprint density at radius 1 is 1.18 bits per heavy atom. The Bertz CT molecular complexity index is 1130. The van der Waals surface area contributed by atoms with E-state index >= 15 is 0 Å². The fourth-order valence-electron chi connectivity index (χ4n) is 2.69. The third-order valence-electron chi connectivity index (χ3n) is 4.50. The smallest absolute Gasteiger partial charge is 0.259 e. The van der Waals surface area contributed by atoms with Crippen LogP contribution in [0.25, 0.3) is 10.2 Å². The van der Waals surface area contributed by atoms with Crippen LogP contribution in [-0.2, 0) is 11.2 Å². The lowest BCUT2D eigenvalue weighted by Crippen LogP contribution is -2.44. The number of aromatic amines is 1. The van der Waals surface area contributed by atoms with Crippen LogP contribution in [-0.4, -0.2) is 21.0 Å². The van der Waals surface area contributed by atoms with Crippen molar-refractivity contribution in [1.82, 2.24) is 20.8 Å². The zero-order chi connectivity index (χ0) is 20.4. The Labute approximate surface area is 171 Å². The summed E-state index contributed by atoms with van der Waals surface area (Å²) in [5, 5.41) is 3.85. The molecule has 0 aliphatic rings. The number of hydrogen-bond donors (Lipinski definition) is 4. The van der Waals surface area contributed by atoms with Gasteiger partial charge in [-0.25, -0.2) is 4.98 Å². The fourth-order valence-corrected chi connectivity index (χ4v) is 3.90. The van der Waals surface area contributed by atoms with Crippen molar-refractivity contribution in [2.24, 2.45) is 0 Å². The van der Waals surface area contributed by atoms with Gasteiger partial charge in [0.1, 0.15) is 10.7 Å². The van der Waals surface area contributed by atoms with E-state index in [1.54, 1.807) is 0 Å². The number of carbonyl (C=O) groups is 1. The molecule has 7 nitrogen and oxygen atoms in total. The minimum atomic E-state index is -0.364. The highest BCUT2D eigenvalue weighted by molar-refractivity contribution is 7.80. The van der Waals surface area contributed by atoms with E-state index in [1.807, 2.05) is 45.9 Å². The van der Waals surface area contributed by atoms with Crippen molar-refractivity contribution in [3.8, 4) is 0 Å². The summed E-state index contributed by atoms with van der Waals surface area (Å²) in [5.41, 5.74) is 9.02. The number of benzene rings is 1. The molecule has 3 rings (SSSR count). The van der Waals surface area contributed by atoms with Crippen molar-refractivity contribution >= 4 is 50.5 Å². The van der Waals surface area contributed by atoms with Gasteiger partial charge in [0.2, 0.25) is 5.91 Å². The van der Waals surface area contributed by atoms with E-state index in [-0.39, 0.29) is 23.0 Å². The molecule has 146 valence electrons. The average molecular weight is 416 g/mol. The molecule has 9 heteroatoms. The highest BCUT2D eigenvalue weighted by Gasteiger charge is 2.13. The largest absolute Gasteiger partial charge is 0.331 e. The van der Waals surface area contributed by atoms with Crippen LogP contribution in [0.2, 0.25) is 0 Å². The first-order valence-corrected chi connectivity index (χ1v) is 9.89. The van der Waals surface area contributed by atoms with Crippen LogP contribution in [0.5, 0.6) is 0 Å². The van der Waals surface area contributed by atoms with Gasteiger partial charge in [-0.2, -0.15) is 0 Å². The maximum absolute atomic E-state index is 12.3. The molecule has 4 N–H and O–H groups in total. The van der Waals surface area contributed by atoms with E-state index in [2.05, 4.69) is 26.1 Å². The number of fused-ring (bicyclic) bond motifs is 1. The lowest BCUT2D eigenvalue weighted by atomic mass is 10.1. The molecule has 0 spiro atoms. The molecule has 28 heavy (non-hydrogen) atoms. The summed E-state index contributed by atoms with van der Waals surface area (Å²) < 4.78 is 0. The number of H-pyrrole nitrogens is 1. The molecule has 0 saturated heterocycles. The van der Waals surface area contributed by atoms with Gasteiger partial charge in [-0.15, -0.1) is 11.3 Å². The van der Waals surface area contributed by atoms with E-state index in [9.17, 15) is 9.59 Å². The molecule has 1 amide bonds. The van der Waals surface area contributed by atoms with E-state index in [0.717, 1.165) is 21.7 Å². The maximum atomic E-state index is 12.3. The molecule has 0 radical (unpaired) electrons. The second-order valence-electron chi connectivity index (χ2n) is 6.58. The van der Waals surface area contributed by atoms with Crippen molar-refractivity contribution < 1.29 is 4.79 Å². The van der Waals surface area contributed by atoms with Gasteiger partial charge in [0.25, 0.3) is 5.56 Å². The monoisotopic (exact) mass is 415 g/mol. The van der Waals surface area contributed by atoms with Crippen molar-refractivity contribution in [3.05, 3.63) is 55.9 Å². The summed E-state index contributed by atoms with van der Waals surface area (Å²) in [6.45, 7) is 7.89. The van der Waals surface area contributed by atoms with Crippen LogP contribution in [0, 0.1) is 27.7 Å². The number of thiocarbonyl (C=S) groups is 1. The third-order valence-corrected chi connectivity index (χ3v) is 5.80. The molecule has 2 aromatic heterocycles. The molecular formula is C19H21N5O2S2. The normalized spacial score (nSPS) is 10.7. The minimum Gasteiger partial charge on any atom is -0.331 e. The first kappa shape index (κ1) is 20.0. The topological polar surface area (TPSA) is 98.9 Å². The molecule has 0 bridgehead atoms. The lowest BCUT2D eigenvalue weighted by molar-refractivity contribution is -0.121. The summed E-state index contributed by atoms with van der Waals surface area (Å²) in [6.07, 6.45) is -0.0690. The SMILES string of the molecule is Cc1ccc(NC(=S)NNC(=O)Cc2nc3sc(C)c(C)c3c(=O)[nH]2)cc1C. The van der Waals surface area contributed by atoms with Gasteiger partial charge in [0.05, 0.1) is 11.8 Å². The Balaban J connectivity index is 1.59. The molecule has 0 saturated carbocycles. The Morgan fingerprint density at radius 3 is 2.64 bits per heavy atom. The predicted octanol–water partition coefficient (Wildman–Crippen LogP) is 2.78. The van der Waals surface area contributed by atoms with E-state index in [1.165, 1.54) is 16.9 Å². The zero-order valence-corrected chi connectivity index (χ0v) is 17.7. The van der Waals surface area contributed by atoms with Gasteiger partial charge in [-0.3, -0.25) is 20.4 Å². The second kappa shape index (κ2) is 8.07. The number of hydrogen-bond acceptors (Lipinski definition) is 5. The van der Waals surface area contributed by atoms with Crippen LogP contribution >= 0.6 is 23.6 Å². The van der Waals surface area contributed by atoms with Crippen molar-refractivity contribution in [1.29, 1.82) is 0 Å². The molecule has 3 aromatic rings. The summed E-state index contributed by atoms with van der Waals surface area (Å²) in [6, 6.07) is 5.87. The van der Waals surface area contributed by atoms with Crippen LogP contribution in [0.15, 0.2) is 23.0 Å². The molecule has 0 unspecified atom stereocenters. The Hall–Kier alpha value is -2.78. The number of anilines is 1. The predicted molar refractivity (Wildman–Crippen MR) is 117 cm³/mol. The number of nitrogens with zero attached hydrogens (tertiary/aromatic N) is 1. The summed E-state index contributed by atoms with van der Waals surface area (Å²) in [5.74, 6) is -0.0529. The van der Waals surface area contributed by atoms with E-state index in [0.29, 0.717) is 16.0 Å². The Kier molecular flexibility index (Phi) is 5.76. The number of aromatic nitrogens is 2. The van der Waals surface area contributed by atoms with Crippen LogP contribution in [0.3, 0.4) is 0 Å². The summed E-state index contributed by atoms with van der Waals surface area (Å²) >= 11 is 6.63. The quantitative estimate of drug-likeness (QED) is 0.388. The second-order valence-corrected chi connectivity index (χ2v) is 8.19. The van der Waals surface area contributed by atoms with Gasteiger partial charge >= 0.3 is 0 Å². The number of nitrogens with one attached hydrogen (secondary N) is 4. The maximum Gasteiger partial charge on any atom is 0.259 e. The number of carbonyl (C=O) groups excluding carboxylic acids is 1. The van der Waals surface area contributed by atoms with E-state index in [4.69, 9.17) is 12.2 Å². The molecule has 0 aliphatic heterocycles. The lowest BCUT2D eigenvalue weighted by Gasteiger charge is -2.12. The number of rotatable bonds is 3. The standard InChI is InChI=1S/C19H21N5O2S2/c1-9-5-6-13(7-10(9)2)20-19(27)24-23-15(25)8-14-21-17(26)16-11(3)12(4)28-18(16)22-14/h5-7H,8H2,1-4H3,(H,23,25)(H2,20,24,27)(H,21,22,26). The first-order valence-electron chi connectivity index (χ1n) is 8.66. The molecule has 1 aromatic carbocycles. The van der Waals surface area contributed by atoms with Crippen molar-refractivity contribution in [3.63, 3.8) is 0 Å². The van der Waals surface area contributed by atoms with Gasteiger partial charge in [-0.05, 0) is 68.7 Å². The van der Waals surface area contributed by atoms with Gasteiger partial charge in [0.15, 0.2) is 5.11 Å². The van der Waals surface area contributed by atoms with Crippen LogP contribution < -0.4 is 21.7 Å². The summed E-state index contributed by atoms with van der Waals surface area (Å²) in [4.78, 5) is 33.2. The third kappa shape index (κ3) is 4.37. The number of aryl methyl sites for hydroxylation is 4. The van der Waals surface area contributed by atoms with Gasteiger partial charge in [-0.1, -0.05) is 6.07 Å². The average Bonchev–Trinajstić information content (AvgIpc) is 2.91. The number of amides is 1. The first-order chi connectivity index (χ1) is 13.2. The molecular weight excluding hydrogens is 394 g/mol. The van der Waals surface area contributed by atoms with Crippen molar-refractivity contribution in [2.75, 3.05) is 5.32 Å². The molecule has 0 aliphatic carbocycles. The highest BCUT2D eigenvalue weighted by Crippen LogP contribution is 2.25. The number of thiophene rings is 1. The van der Waals surface area contributed by atoms with Crippen LogP contribution in [0.1, 0.15) is 27.4 Å². The molecule has 0 fully saturated rings. The molecule has 2 heterocycles.